The van der Waals surface area contributed by atoms with E-state index in [9.17, 15) is 0 Å². The first-order valence-corrected chi connectivity index (χ1v) is 4.55. The van der Waals surface area contributed by atoms with Gasteiger partial charge >= 0.3 is 0 Å². The van der Waals surface area contributed by atoms with Gasteiger partial charge in [-0.1, -0.05) is 29.5 Å². The molecule has 0 radical (unpaired) electrons. The van der Waals surface area contributed by atoms with E-state index >= 15 is 0 Å². The highest BCUT2D eigenvalue weighted by Gasteiger charge is 1.99. The smallest absolute Gasteiger partial charge is 0.0661 e. The van der Waals surface area contributed by atoms with Crippen LogP contribution in [0.4, 0.5) is 0 Å². The van der Waals surface area contributed by atoms with Gasteiger partial charge in [-0.25, -0.2) is 0 Å². The third-order valence-electron chi connectivity index (χ3n) is 1.03. The lowest BCUT2D eigenvalue weighted by molar-refractivity contribution is 0.0793. The molecule has 0 amide bonds. The summed E-state index contributed by atoms with van der Waals surface area (Å²) in [6.45, 7) is 5.04. The lowest BCUT2D eigenvalue weighted by atomic mass is 10.3. The van der Waals surface area contributed by atoms with Crippen LogP contribution in [0.2, 0.25) is 0 Å². The first kappa shape index (κ1) is 8.69. The molecule has 0 saturated carbocycles. The summed E-state index contributed by atoms with van der Waals surface area (Å²) < 4.78 is 6.45. The third kappa shape index (κ3) is 3.66. The Balaban J connectivity index is 3.07. The number of hydrogen-bond donors (Lipinski definition) is 0. The first-order chi connectivity index (χ1) is 3.85. The molecule has 1 unspecified atom stereocenters. The number of alkyl halides is 1. The van der Waals surface area contributed by atoms with Gasteiger partial charge in [0.2, 0.25) is 0 Å². The molecular weight excluding hydrogens is 215 g/mol. The fourth-order valence-electron chi connectivity index (χ4n) is 0.507. The van der Waals surface area contributed by atoms with Gasteiger partial charge < -0.3 is 4.74 Å². The van der Waals surface area contributed by atoms with Crippen LogP contribution in [-0.4, -0.2) is 17.1 Å². The lowest BCUT2D eigenvalue weighted by Gasteiger charge is -2.09. The maximum Gasteiger partial charge on any atom is 0.0661 e. The number of ether oxygens (including phenoxy) is 1. The van der Waals surface area contributed by atoms with Crippen molar-refractivity contribution in [2.45, 2.75) is 26.4 Å². The van der Waals surface area contributed by atoms with Crippen molar-refractivity contribution in [2.24, 2.45) is 0 Å². The van der Waals surface area contributed by atoms with E-state index in [1.165, 1.54) is 0 Å². The van der Waals surface area contributed by atoms with Gasteiger partial charge in [0, 0.05) is 11.0 Å². The van der Waals surface area contributed by atoms with Crippen LogP contribution in [-0.2, 0) is 4.74 Å². The molecule has 0 bridgehead atoms. The molecule has 0 N–H and O–H groups in total. The highest BCUT2D eigenvalue weighted by molar-refractivity contribution is 14.1. The molecule has 0 aromatic carbocycles. The first-order valence-electron chi connectivity index (χ1n) is 3.02. The molecule has 0 aliphatic heterocycles. The molecule has 2 heteroatoms. The van der Waals surface area contributed by atoms with Crippen molar-refractivity contribution in [3.8, 4) is 0 Å². The highest BCUT2D eigenvalue weighted by atomic mass is 127. The van der Waals surface area contributed by atoms with Gasteiger partial charge in [-0.2, -0.15) is 0 Å². The minimum Gasteiger partial charge on any atom is -0.378 e. The maximum atomic E-state index is 5.33. The van der Waals surface area contributed by atoms with Crippen molar-refractivity contribution >= 4 is 22.6 Å². The maximum absolute atomic E-state index is 5.33. The van der Waals surface area contributed by atoms with Crippen LogP contribution in [0, 0.1) is 0 Å². The predicted octanol–water partition coefficient (Wildman–Crippen LogP) is 2.24. The molecule has 0 aliphatic carbocycles. The fraction of sp³-hybridized carbons (Fsp3) is 1.00. The van der Waals surface area contributed by atoms with E-state index in [1.54, 1.807) is 0 Å². The second-order valence-corrected chi connectivity index (χ2v) is 2.52. The third-order valence-corrected chi connectivity index (χ3v) is 2.01. The monoisotopic (exact) mass is 228 g/mol. The molecule has 8 heavy (non-hydrogen) atoms. The molecule has 1 nitrogen and oxygen atoms in total. The van der Waals surface area contributed by atoms with E-state index in [0.717, 1.165) is 17.5 Å². The Bertz CT molecular complexity index is 43.8. The van der Waals surface area contributed by atoms with E-state index in [0.29, 0.717) is 6.10 Å². The van der Waals surface area contributed by atoms with Crippen molar-refractivity contribution in [3.63, 3.8) is 0 Å². The van der Waals surface area contributed by atoms with Crippen LogP contribution in [0.25, 0.3) is 0 Å². The van der Waals surface area contributed by atoms with Gasteiger partial charge in [-0.3, -0.25) is 0 Å². The Hall–Kier alpha value is 0.690. The Morgan fingerprint density at radius 1 is 1.50 bits per heavy atom. The van der Waals surface area contributed by atoms with E-state index in [2.05, 4.69) is 29.5 Å². The van der Waals surface area contributed by atoms with Crippen LogP contribution in [0.15, 0.2) is 0 Å². The van der Waals surface area contributed by atoms with Gasteiger partial charge in [0.05, 0.1) is 6.10 Å². The lowest BCUT2D eigenvalue weighted by Crippen LogP contribution is -2.12. The zero-order chi connectivity index (χ0) is 6.41. The summed E-state index contributed by atoms with van der Waals surface area (Å²) in [5, 5.41) is 0. The summed E-state index contributed by atoms with van der Waals surface area (Å²) in [6.07, 6.45) is 1.62. The average Bonchev–Trinajstić information content (AvgIpc) is 1.83. The van der Waals surface area contributed by atoms with Crippen LogP contribution >= 0.6 is 22.6 Å². The highest BCUT2D eigenvalue weighted by Crippen LogP contribution is 2.00. The predicted molar refractivity (Wildman–Crippen MR) is 44.6 cm³/mol. The normalized spacial score (nSPS) is 13.9. The Morgan fingerprint density at radius 3 is 2.25 bits per heavy atom. The summed E-state index contributed by atoms with van der Waals surface area (Å²) in [7, 11) is 0. The topological polar surface area (TPSA) is 9.23 Å². The standard InChI is InChI=1S/C6H13IO/c1-3-6(5-7)8-4-2/h6H,3-5H2,1-2H3. The zero-order valence-corrected chi connectivity index (χ0v) is 7.64. The van der Waals surface area contributed by atoms with E-state index < -0.39 is 0 Å². The largest absolute Gasteiger partial charge is 0.378 e. The molecule has 0 fully saturated rings. The minimum atomic E-state index is 0.487. The van der Waals surface area contributed by atoms with Crippen molar-refractivity contribution in [3.05, 3.63) is 0 Å². The molecule has 0 heterocycles. The summed E-state index contributed by atoms with van der Waals surface area (Å²) in [5.74, 6) is 0. The molecule has 0 spiro atoms. The molecule has 0 aliphatic rings. The van der Waals surface area contributed by atoms with E-state index in [-0.39, 0.29) is 0 Å². The second-order valence-electron chi connectivity index (χ2n) is 1.64. The Labute approximate surface area is 64.9 Å². The van der Waals surface area contributed by atoms with Crippen LogP contribution < -0.4 is 0 Å². The summed E-state index contributed by atoms with van der Waals surface area (Å²) in [5.41, 5.74) is 0. The molecule has 1 atom stereocenters. The quantitative estimate of drug-likeness (QED) is 0.529. The fourth-order valence-corrected chi connectivity index (χ4v) is 1.38. The van der Waals surface area contributed by atoms with Crippen LogP contribution in [0.3, 0.4) is 0 Å². The molecule has 50 valence electrons. The molecule has 0 aromatic heterocycles. The van der Waals surface area contributed by atoms with Crippen LogP contribution in [0.1, 0.15) is 20.3 Å². The van der Waals surface area contributed by atoms with Gasteiger partial charge in [0.1, 0.15) is 0 Å². The number of hydrogen-bond acceptors (Lipinski definition) is 1. The van der Waals surface area contributed by atoms with E-state index in [4.69, 9.17) is 4.74 Å². The van der Waals surface area contributed by atoms with Crippen molar-refractivity contribution in [1.82, 2.24) is 0 Å². The van der Waals surface area contributed by atoms with Gasteiger partial charge in [-0.05, 0) is 13.3 Å². The van der Waals surface area contributed by atoms with Crippen molar-refractivity contribution in [1.29, 1.82) is 0 Å². The van der Waals surface area contributed by atoms with E-state index in [1.807, 2.05) is 6.92 Å². The summed E-state index contributed by atoms with van der Waals surface area (Å²) >= 11 is 2.35. The van der Waals surface area contributed by atoms with Crippen molar-refractivity contribution in [2.75, 3.05) is 11.0 Å². The second kappa shape index (κ2) is 5.82. The summed E-state index contributed by atoms with van der Waals surface area (Å²) in [6, 6.07) is 0. The average molecular weight is 228 g/mol. The van der Waals surface area contributed by atoms with Gasteiger partial charge in [0.25, 0.3) is 0 Å². The van der Waals surface area contributed by atoms with Crippen molar-refractivity contribution < 1.29 is 4.74 Å². The Morgan fingerprint density at radius 2 is 2.12 bits per heavy atom. The van der Waals surface area contributed by atoms with Gasteiger partial charge in [0.15, 0.2) is 0 Å². The Kier molecular flexibility index (Phi) is 6.32. The zero-order valence-electron chi connectivity index (χ0n) is 5.48. The number of rotatable bonds is 4. The summed E-state index contributed by atoms with van der Waals surface area (Å²) in [4.78, 5) is 0. The molecular formula is C6H13IO. The minimum absolute atomic E-state index is 0.487. The molecule has 0 rings (SSSR count). The SMILES string of the molecule is CCOC(CC)CI. The number of halogens is 1. The molecule has 0 saturated heterocycles. The van der Waals surface area contributed by atoms with Gasteiger partial charge in [-0.15, -0.1) is 0 Å². The molecule has 0 aromatic rings. The van der Waals surface area contributed by atoms with Crippen LogP contribution in [0.5, 0.6) is 0 Å².